The van der Waals surface area contributed by atoms with Gasteiger partial charge in [-0.2, -0.15) is 0 Å². The molecule has 1 aliphatic heterocycles. The predicted molar refractivity (Wildman–Crippen MR) is 115 cm³/mol. The number of hydrogen-bond donors (Lipinski definition) is 2. The summed E-state index contributed by atoms with van der Waals surface area (Å²) in [6.07, 6.45) is 8.38. The third-order valence-corrected chi connectivity index (χ3v) is 8.67. The molecule has 2 fully saturated rings. The number of primary amides is 1. The summed E-state index contributed by atoms with van der Waals surface area (Å²) in [7, 11) is -1.32. The molecule has 3 N–H and O–H groups in total. The number of carbonyl (C=O) groups is 1. The number of fused-ring (bicyclic) bond motifs is 1. The van der Waals surface area contributed by atoms with Crippen molar-refractivity contribution in [3.63, 3.8) is 0 Å². The van der Waals surface area contributed by atoms with Crippen molar-refractivity contribution in [3.05, 3.63) is 18.6 Å². The highest BCUT2D eigenvalue weighted by Gasteiger charge is 2.34. The number of nitrogens with two attached hydrogens (primary N) is 1. The van der Waals surface area contributed by atoms with E-state index in [-0.39, 0.29) is 24.1 Å². The van der Waals surface area contributed by atoms with Gasteiger partial charge in [0.25, 0.3) is 0 Å². The van der Waals surface area contributed by atoms with Gasteiger partial charge in [0.2, 0.25) is 15.9 Å². The molecule has 0 radical (unpaired) electrons. The van der Waals surface area contributed by atoms with E-state index in [9.17, 15) is 13.2 Å². The van der Waals surface area contributed by atoms with Gasteiger partial charge >= 0.3 is 0 Å². The summed E-state index contributed by atoms with van der Waals surface area (Å²) in [5, 5.41) is 0.999. The number of sulfonamides is 1. The summed E-state index contributed by atoms with van der Waals surface area (Å²) in [5.41, 5.74) is 6.22. The Balaban J connectivity index is 1.35. The molecule has 30 heavy (non-hydrogen) atoms. The van der Waals surface area contributed by atoms with Crippen LogP contribution < -0.4 is 10.6 Å². The van der Waals surface area contributed by atoms with Crippen LogP contribution in [0.25, 0.3) is 11.0 Å². The first kappa shape index (κ1) is 21.0. The molecular weight excluding hydrogens is 404 g/mol. The van der Waals surface area contributed by atoms with Crippen molar-refractivity contribution in [1.29, 1.82) is 0 Å². The molecule has 1 saturated carbocycles. The predicted octanol–water partition coefficient (Wildman–Crippen LogP) is 1.48. The van der Waals surface area contributed by atoms with Gasteiger partial charge < -0.3 is 15.6 Å². The highest BCUT2D eigenvalue weighted by molar-refractivity contribution is 7.89. The summed E-state index contributed by atoms with van der Waals surface area (Å²) < 4.78 is 27.3. The quantitative estimate of drug-likeness (QED) is 0.709. The van der Waals surface area contributed by atoms with Crippen molar-refractivity contribution in [2.45, 2.75) is 44.6 Å². The van der Waals surface area contributed by atoms with E-state index < -0.39 is 15.9 Å². The molecule has 1 atom stereocenters. The molecule has 1 saturated heterocycles. The van der Waals surface area contributed by atoms with Gasteiger partial charge in [0.1, 0.15) is 17.8 Å². The highest BCUT2D eigenvalue weighted by Crippen LogP contribution is 2.33. The van der Waals surface area contributed by atoms with Gasteiger partial charge in [0.15, 0.2) is 0 Å². The highest BCUT2D eigenvalue weighted by atomic mass is 32.2. The largest absolute Gasteiger partial charge is 0.369 e. The van der Waals surface area contributed by atoms with Gasteiger partial charge in [0, 0.05) is 32.4 Å². The first-order chi connectivity index (χ1) is 14.3. The van der Waals surface area contributed by atoms with Crippen LogP contribution >= 0.6 is 0 Å². The maximum Gasteiger partial charge on any atom is 0.221 e. The van der Waals surface area contributed by atoms with E-state index in [1.54, 1.807) is 6.33 Å². The van der Waals surface area contributed by atoms with Crippen molar-refractivity contribution < 1.29 is 13.2 Å². The zero-order chi connectivity index (χ0) is 21.3. The van der Waals surface area contributed by atoms with Crippen LogP contribution in [0.1, 0.15) is 38.5 Å². The second kappa shape index (κ2) is 8.50. The van der Waals surface area contributed by atoms with Crippen molar-refractivity contribution >= 4 is 32.8 Å². The Bertz CT molecular complexity index is 999. The topological polar surface area (TPSA) is 125 Å². The van der Waals surface area contributed by atoms with Crippen molar-refractivity contribution in [2.24, 2.45) is 17.6 Å². The molecule has 0 unspecified atom stereocenters. The Labute approximate surface area is 177 Å². The summed E-state index contributed by atoms with van der Waals surface area (Å²) in [6, 6.07) is 2.31. The van der Waals surface area contributed by atoms with Gasteiger partial charge in [-0.05, 0) is 50.5 Å². The molecular formula is C20H30N6O3S. The van der Waals surface area contributed by atoms with Crippen LogP contribution in [0, 0.1) is 11.8 Å². The Morgan fingerprint density at radius 1 is 1.27 bits per heavy atom. The zero-order valence-electron chi connectivity index (χ0n) is 17.3. The lowest BCUT2D eigenvalue weighted by atomic mass is 9.86. The molecule has 0 spiro atoms. The summed E-state index contributed by atoms with van der Waals surface area (Å²) in [5.74, 6) is 0.440. The number of amides is 1. The SMILES string of the molecule is CN(c1ncnc2[nH]ccc12)C1CCC(CS(=O)(=O)N2CCC[C@H](C(N)=O)C2)CC1. The fourth-order valence-corrected chi connectivity index (χ4v) is 6.80. The van der Waals surface area contributed by atoms with Crippen LogP contribution in [-0.2, 0) is 14.8 Å². The number of nitrogens with zero attached hydrogens (tertiary/aromatic N) is 4. The van der Waals surface area contributed by atoms with Crippen molar-refractivity contribution in [3.8, 4) is 0 Å². The van der Waals surface area contributed by atoms with Crippen LogP contribution in [0.4, 0.5) is 5.82 Å². The van der Waals surface area contributed by atoms with Gasteiger partial charge in [0.05, 0.1) is 17.1 Å². The Hall–Kier alpha value is -2.20. The molecule has 10 heteroatoms. The average Bonchev–Trinajstić information content (AvgIpc) is 3.22. The molecule has 4 rings (SSSR count). The summed E-state index contributed by atoms with van der Waals surface area (Å²) >= 11 is 0. The molecule has 0 aromatic carbocycles. The second-order valence-corrected chi connectivity index (χ2v) is 10.6. The maximum absolute atomic E-state index is 12.9. The molecule has 1 aliphatic carbocycles. The van der Waals surface area contributed by atoms with E-state index in [0.29, 0.717) is 25.4 Å². The number of hydrogen-bond acceptors (Lipinski definition) is 6. The molecule has 2 aromatic heterocycles. The number of carbonyl (C=O) groups excluding carboxylic acids is 1. The minimum absolute atomic E-state index is 0.145. The molecule has 2 aliphatic rings. The van der Waals surface area contributed by atoms with Crippen molar-refractivity contribution in [2.75, 3.05) is 30.8 Å². The number of aromatic nitrogens is 3. The third-order valence-electron chi connectivity index (χ3n) is 6.66. The second-order valence-electron chi connectivity index (χ2n) is 8.60. The molecule has 9 nitrogen and oxygen atoms in total. The molecule has 1 amide bonds. The first-order valence-electron chi connectivity index (χ1n) is 10.6. The Morgan fingerprint density at radius 3 is 2.77 bits per heavy atom. The number of H-pyrrole nitrogens is 1. The lowest BCUT2D eigenvalue weighted by molar-refractivity contribution is -0.122. The van der Waals surface area contributed by atoms with E-state index in [1.165, 1.54) is 4.31 Å². The lowest BCUT2D eigenvalue weighted by Crippen LogP contribution is -2.46. The van der Waals surface area contributed by atoms with Crippen LogP contribution in [0.15, 0.2) is 18.6 Å². The van der Waals surface area contributed by atoms with Crippen LogP contribution in [-0.4, -0.2) is 65.5 Å². The first-order valence-corrected chi connectivity index (χ1v) is 12.2. The van der Waals surface area contributed by atoms with Gasteiger partial charge in [-0.15, -0.1) is 0 Å². The lowest BCUT2D eigenvalue weighted by Gasteiger charge is -2.36. The normalized spacial score (nSPS) is 26.0. The van der Waals surface area contributed by atoms with E-state index in [0.717, 1.165) is 42.5 Å². The van der Waals surface area contributed by atoms with E-state index in [1.807, 2.05) is 19.3 Å². The fraction of sp³-hybridized carbons (Fsp3) is 0.650. The average molecular weight is 435 g/mol. The zero-order valence-corrected chi connectivity index (χ0v) is 18.1. The number of aromatic amines is 1. The number of rotatable bonds is 6. The van der Waals surface area contributed by atoms with E-state index in [4.69, 9.17) is 5.73 Å². The monoisotopic (exact) mass is 434 g/mol. The van der Waals surface area contributed by atoms with Crippen LogP contribution in [0.3, 0.4) is 0 Å². The minimum Gasteiger partial charge on any atom is -0.369 e. The van der Waals surface area contributed by atoms with Crippen molar-refractivity contribution in [1.82, 2.24) is 19.3 Å². The van der Waals surface area contributed by atoms with E-state index in [2.05, 4.69) is 19.9 Å². The van der Waals surface area contributed by atoms with E-state index >= 15 is 0 Å². The third kappa shape index (κ3) is 4.29. The smallest absolute Gasteiger partial charge is 0.221 e. The molecule has 3 heterocycles. The standard InChI is InChI=1S/C20H30N6O3S/c1-25(20-17-8-9-22-19(17)23-13-24-20)16-6-4-14(5-7-16)12-30(28,29)26-10-2-3-15(11-26)18(21)27/h8-9,13-16H,2-7,10-12H2,1H3,(H2,21,27)(H,22,23,24)/t14?,15-,16?/m0/s1. The molecule has 164 valence electrons. The summed E-state index contributed by atoms with van der Waals surface area (Å²) in [6.45, 7) is 0.723. The van der Waals surface area contributed by atoms with Gasteiger partial charge in [-0.25, -0.2) is 22.7 Å². The number of anilines is 1. The molecule has 2 aromatic rings. The summed E-state index contributed by atoms with van der Waals surface area (Å²) in [4.78, 5) is 25.5. The van der Waals surface area contributed by atoms with Gasteiger partial charge in [-0.3, -0.25) is 4.79 Å². The minimum atomic E-state index is -3.37. The van der Waals surface area contributed by atoms with Gasteiger partial charge in [-0.1, -0.05) is 0 Å². The van der Waals surface area contributed by atoms with Crippen LogP contribution in [0.2, 0.25) is 0 Å². The maximum atomic E-state index is 12.9. The molecule has 0 bridgehead atoms. The van der Waals surface area contributed by atoms with Crippen LogP contribution in [0.5, 0.6) is 0 Å². The Kier molecular flexibility index (Phi) is 5.97. The fourth-order valence-electron chi connectivity index (χ4n) is 4.84. The Morgan fingerprint density at radius 2 is 2.03 bits per heavy atom. The number of nitrogens with one attached hydrogen (secondary N) is 1. The number of piperidine rings is 1.